The molecule has 2 aromatic heterocycles. The van der Waals surface area contributed by atoms with E-state index in [1.165, 1.54) is 4.90 Å². The molecule has 0 spiro atoms. The number of aliphatic hydroxyl groups is 2. The molecule has 1 amide bonds. The van der Waals surface area contributed by atoms with Gasteiger partial charge < -0.3 is 24.7 Å². The van der Waals surface area contributed by atoms with Gasteiger partial charge in [0.1, 0.15) is 23.4 Å². The van der Waals surface area contributed by atoms with Gasteiger partial charge in [-0.3, -0.25) is 0 Å². The lowest BCUT2D eigenvalue weighted by Gasteiger charge is -2.43. The minimum Gasteiger partial charge on any atom is -0.444 e. The molecule has 1 unspecified atom stereocenters. The van der Waals surface area contributed by atoms with Crippen LogP contribution >= 0.6 is 0 Å². The Kier molecular flexibility index (Phi) is 6.79. The van der Waals surface area contributed by atoms with E-state index < -0.39 is 35.5 Å². The summed E-state index contributed by atoms with van der Waals surface area (Å²) in [6.07, 6.45) is -1.25. The summed E-state index contributed by atoms with van der Waals surface area (Å²) in [7, 11) is 0. The number of hydrogen-bond donors (Lipinski definition) is 2. The Balaban J connectivity index is 1.48. The van der Waals surface area contributed by atoms with Crippen LogP contribution in [0.2, 0.25) is 0 Å². The molecule has 2 saturated heterocycles. The minimum absolute atomic E-state index is 0.0375. The van der Waals surface area contributed by atoms with Crippen molar-refractivity contribution in [2.45, 2.75) is 77.4 Å². The van der Waals surface area contributed by atoms with Crippen LogP contribution in [0.1, 0.15) is 51.1 Å². The Morgan fingerprint density at radius 1 is 1.08 bits per heavy atom. The summed E-state index contributed by atoms with van der Waals surface area (Å²) in [5.41, 5.74) is 1.16. The molecule has 3 aromatic rings. The fraction of sp³-hybridized carbons (Fsp3) is 0.571. The fourth-order valence-electron chi connectivity index (χ4n) is 5.56. The van der Waals surface area contributed by atoms with Gasteiger partial charge in [0.2, 0.25) is 0 Å². The Hall–Kier alpha value is -3.31. The monoisotopic (exact) mass is 540 g/mol. The number of aryl methyl sites for hydroxylation is 2. The second-order valence-corrected chi connectivity index (χ2v) is 12.0. The maximum absolute atomic E-state index is 15.9. The lowest BCUT2D eigenvalue weighted by atomic mass is 9.71. The van der Waals surface area contributed by atoms with E-state index in [0.29, 0.717) is 30.4 Å². The SMILES string of the molecule is Cc1nc(N2C[C@@H](O)[C@@H](O)C2)cc(-n2ncc3cc(C)c([C@]4(C)CCN(C(=O)OC(C)(C)C)CC4F)cc32)n1. The highest BCUT2D eigenvalue weighted by Crippen LogP contribution is 2.41. The first kappa shape index (κ1) is 27.3. The zero-order valence-corrected chi connectivity index (χ0v) is 23.3. The van der Waals surface area contributed by atoms with Gasteiger partial charge in [0, 0.05) is 36.5 Å². The van der Waals surface area contributed by atoms with Crippen LogP contribution in [-0.2, 0) is 10.2 Å². The van der Waals surface area contributed by atoms with E-state index in [1.807, 2.05) is 30.9 Å². The molecule has 0 aliphatic carbocycles. The number of carbonyl (C=O) groups is 1. The Labute approximate surface area is 227 Å². The van der Waals surface area contributed by atoms with Crippen LogP contribution in [0, 0.1) is 13.8 Å². The van der Waals surface area contributed by atoms with Gasteiger partial charge in [-0.05, 0) is 64.3 Å². The molecule has 210 valence electrons. The van der Waals surface area contributed by atoms with Crippen LogP contribution in [-0.4, -0.2) is 91.1 Å². The summed E-state index contributed by atoms with van der Waals surface area (Å²) in [6, 6.07) is 5.77. The molecule has 39 heavy (non-hydrogen) atoms. The van der Waals surface area contributed by atoms with Crippen LogP contribution in [0.15, 0.2) is 24.4 Å². The standard InChI is InChI=1S/C28H37FN6O4/c1-16-9-18-12-30-35(25-11-24(31-17(2)32-25)34-13-21(36)22(37)14-34)20(18)10-19(16)28(6)7-8-33(15-23(28)29)26(38)39-27(3,4)5/h9-12,21-23,36-37H,7-8,13-15H2,1-6H3/t21-,22+,23?,28-/m0/s1. The van der Waals surface area contributed by atoms with Crippen molar-refractivity contribution in [3.05, 3.63) is 41.3 Å². The average molecular weight is 541 g/mol. The predicted octanol–water partition coefficient (Wildman–Crippen LogP) is 3.21. The molecule has 2 fully saturated rings. The number of alkyl halides is 1. The number of halogens is 1. The zero-order chi connectivity index (χ0) is 28.3. The van der Waals surface area contributed by atoms with E-state index in [0.717, 1.165) is 22.0 Å². The number of rotatable bonds is 3. The summed E-state index contributed by atoms with van der Waals surface area (Å²) in [5, 5.41) is 25.5. The summed E-state index contributed by atoms with van der Waals surface area (Å²) < 4.78 is 23.1. The van der Waals surface area contributed by atoms with Gasteiger partial charge in [0.05, 0.1) is 30.5 Å². The Morgan fingerprint density at radius 3 is 2.38 bits per heavy atom. The third kappa shape index (κ3) is 5.17. The van der Waals surface area contributed by atoms with Gasteiger partial charge in [0.15, 0.2) is 5.82 Å². The summed E-state index contributed by atoms with van der Waals surface area (Å²) in [5.74, 6) is 1.66. The van der Waals surface area contributed by atoms with Gasteiger partial charge in [-0.15, -0.1) is 0 Å². The number of likely N-dealkylation sites (tertiary alicyclic amines) is 1. The number of β-amino-alcohol motifs (C(OH)–C–C–N with tert-alkyl or cyclic N) is 2. The molecule has 4 atom stereocenters. The third-order valence-electron chi connectivity index (χ3n) is 7.77. The van der Waals surface area contributed by atoms with E-state index in [4.69, 9.17) is 4.74 Å². The van der Waals surface area contributed by atoms with Crippen LogP contribution in [0.3, 0.4) is 0 Å². The van der Waals surface area contributed by atoms with Crippen molar-refractivity contribution in [3.8, 4) is 5.82 Å². The highest BCUT2D eigenvalue weighted by molar-refractivity contribution is 5.82. The molecule has 11 heteroatoms. The number of benzene rings is 1. The first-order valence-electron chi connectivity index (χ1n) is 13.3. The van der Waals surface area contributed by atoms with Crippen molar-refractivity contribution in [2.75, 3.05) is 31.1 Å². The molecule has 2 aliphatic heterocycles. The van der Waals surface area contributed by atoms with Crippen molar-refractivity contribution in [2.24, 2.45) is 0 Å². The maximum atomic E-state index is 15.9. The summed E-state index contributed by atoms with van der Waals surface area (Å²) in [4.78, 5) is 25.0. The first-order valence-corrected chi connectivity index (χ1v) is 13.3. The maximum Gasteiger partial charge on any atom is 0.410 e. The molecule has 10 nitrogen and oxygen atoms in total. The molecule has 0 saturated carbocycles. The number of piperidine rings is 1. The van der Waals surface area contributed by atoms with E-state index in [1.54, 1.807) is 44.6 Å². The number of aliphatic hydroxyl groups excluding tert-OH is 2. The van der Waals surface area contributed by atoms with Gasteiger partial charge >= 0.3 is 6.09 Å². The second-order valence-electron chi connectivity index (χ2n) is 12.0. The number of nitrogens with zero attached hydrogens (tertiary/aromatic N) is 6. The molecule has 0 bridgehead atoms. The Bertz CT molecular complexity index is 1390. The molecule has 2 aliphatic rings. The van der Waals surface area contributed by atoms with Crippen molar-refractivity contribution in [3.63, 3.8) is 0 Å². The molecular formula is C28H37FN6O4. The Morgan fingerprint density at radius 2 is 1.74 bits per heavy atom. The van der Waals surface area contributed by atoms with Gasteiger partial charge in [0.25, 0.3) is 0 Å². The van der Waals surface area contributed by atoms with Crippen LogP contribution in [0.5, 0.6) is 0 Å². The fourth-order valence-corrected chi connectivity index (χ4v) is 5.56. The highest BCUT2D eigenvalue weighted by atomic mass is 19.1. The van der Waals surface area contributed by atoms with Crippen LogP contribution < -0.4 is 4.90 Å². The van der Waals surface area contributed by atoms with E-state index in [2.05, 4.69) is 15.1 Å². The van der Waals surface area contributed by atoms with Crippen molar-refractivity contribution >= 4 is 22.8 Å². The van der Waals surface area contributed by atoms with E-state index in [9.17, 15) is 15.0 Å². The molecule has 0 radical (unpaired) electrons. The van der Waals surface area contributed by atoms with Gasteiger partial charge in [-0.1, -0.05) is 6.92 Å². The predicted molar refractivity (Wildman–Crippen MR) is 145 cm³/mol. The van der Waals surface area contributed by atoms with Crippen LogP contribution in [0.4, 0.5) is 15.0 Å². The first-order chi connectivity index (χ1) is 18.2. The lowest BCUT2D eigenvalue weighted by molar-refractivity contribution is 0.00179. The van der Waals surface area contributed by atoms with Crippen molar-refractivity contribution < 1.29 is 24.1 Å². The molecule has 2 N–H and O–H groups in total. The quantitative estimate of drug-likeness (QED) is 0.520. The third-order valence-corrected chi connectivity index (χ3v) is 7.77. The second kappa shape index (κ2) is 9.71. The topological polar surface area (TPSA) is 117 Å². The number of fused-ring (bicyclic) bond motifs is 1. The van der Waals surface area contributed by atoms with Crippen LogP contribution in [0.25, 0.3) is 16.7 Å². The number of aromatic nitrogens is 4. The van der Waals surface area contributed by atoms with E-state index in [-0.39, 0.29) is 19.6 Å². The lowest BCUT2D eigenvalue weighted by Crippen LogP contribution is -2.53. The minimum atomic E-state index is -1.28. The van der Waals surface area contributed by atoms with Crippen molar-refractivity contribution in [1.29, 1.82) is 0 Å². The number of ether oxygens (including phenoxy) is 1. The molecular weight excluding hydrogens is 503 g/mol. The smallest absolute Gasteiger partial charge is 0.410 e. The number of amides is 1. The molecule has 1 aromatic carbocycles. The normalized spacial score (nSPS) is 25.9. The molecule has 5 rings (SSSR count). The zero-order valence-electron chi connectivity index (χ0n) is 23.3. The van der Waals surface area contributed by atoms with Gasteiger partial charge in [-0.25, -0.2) is 23.8 Å². The summed E-state index contributed by atoms with van der Waals surface area (Å²) in [6.45, 7) is 12.0. The largest absolute Gasteiger partial charge is 0.444 e. The van der Waals surface area contributed by atoms with Crippen molar-refractivity contribution in [1.82, 2.24) is 24.6 Å². The molecule has 4 heterocycles. The highest BCUT2D eigenvalue weighted by Gasteiger charge is 2.44. The number of carbonyl (C=O) groups excluding carboxylic acids is 1. The van der Waals surface area contributed by atoms with Gasteiger partial charge in [-0.2, -0.15) is 5.10 Å². The number of hydrogen-bond acceptors (Lipinski definition) is 8. The number of anilines is 1. The van der Waals surface area contributed by atoms with E-state index >= 15 is 4.39 Å². The average Bonchev–Trinajstić information content (AvgIpc) is 3.41. The summed E-state index contributed by atoms with van der Waals surface area (Å²) >= 11 is 0.